The van der Waals surface area contributed by atoms with Crippen LogP contribution < -0.4 is 0 Å². The molecule has 1 N–H and O–H groups in total. The molecule has 0 saturated carbocycles. The summed E-state index contributed by atoms with van der Waals surface area (Å²) in [5.41, 5.74) is 1.99. The van der Waals surface area contributed by atoms with Crippen LogP contribution in [0.5, 0.6) is 0 Å². The van der Waals surface area contributed by atoms with Gasteiger partial charge in [0.1, 0.15) is 6.10 Å². The largest absolute Gasteiger partial charge is 0.384 e. The van der Waals surface area contributed by atoms with Crippen LogP contribution in [0.1, 0.15) is 28.8 Å². The van der Waals surface area contributed by atoms with Crippen molar-refractivity contribution in [3.63, 3.8) is 0 Å². The lowest BCUT2D eigenvalue weighted by Gasteiger charge is -2.11. The van der Waals surface area contributed by atoms with Crippen molar-refractivity contribution in [2.45, 2.75) is 12.1 Å². The van der Waals surface area contributed by atoms with Gasteiger partial charge in [0.05, 0.1) is 0 Å². The summed E-state index contributed by atoms with van der Waals surface area (Å²) in [6, 6.07) is 11.5. The van der Waals surface area contributed by atoms with Crippen molar-refractivity contribution < 1.29 is 5.11 Å². The van der Waals surface area contributed by atoms with Crippen LogP contribution in [0.15, 0.2) is 48.8 Å². The van der Waals surface area contributed by atoms with E-state index in [0.29, 0.717) is 11.1 Å². The molecule has 2 atom stereocenters. The maximum absolute atomic E-state index is 10.3. The molecule has 1 aromatic carbocycles. The minimum atomic E-state index is -0.829. The SMILES string of the molecule is [C-]#[N+]C(C#N)c1cccc(C(O)c2ccncc2)c1. The van der Waals surface area contributed by atoms with Crippen molar-refractivity contribution in [3.8, 4) is 6.07 Å². The molecule has 1 aromatic heterocycles. The van der Waals surface area contributed by atoms with Gasteiger partial charge in [0.15, 0.2) is 6.07 Å². The molecule has 2 aromatic rings. The highest BCUT2D eigenvalue weighted by molar-refractivity contribution is 5.36. The first-order chi connectivity index (χ1) is 9.26. The first-order valence-corrected chi connectivity index (χ1v) is 5.70. The molecule has 0 amide bonds. The Kier molecular flexibility index (Phi) is 3.87. The van der Waals surface area contributed by atoms with Gasteiger partial charge in [0.25, 0.3) is 0 Å². The second-order valence-corrected chi connectivity index (χ2v) is 4.01. The smallest absolute Gasteiger partial charge is 0.332 e. The second kappa shape index (κ2) is 5.77. The highest BCUT2D eigenvalue weighted by Crippen LogP contribution is 2.25. The van der Waals surface area contributed by atoms with Gasteiger partial charge in [-0.3, -0.25) is 9.83 Å². The van der Waals surface area contributed by atoms with Crippen LogP contribution in [0.25, 0.3) is 4.85 Å². The number of nitrogens with zero attached hydrogens (tertiary/aromatic N) is 3. The molecule has 4 heteroatoms. The average Bonchev–Trinajstić information content (AvgIpc) is 2.49. The Morgan fingerprint density at radius 1 is 1.16 bits per heavy atom. The summed E-state index contributed by atoms with van der Waals surface area (Å²) in [7, 11) is 0. The van der Waals surface area contributed by atoms with E-state index in [9.17, 15) is 5.11 Å². The number of nitriles is 1. The van der Waals surface area contributed by atoms with Gasteiger partial charge < -0.3 is 5.11 Å². The quantitative estimate of drug-likeness (QED) is 0.850. The Morgan fingerprint density at radius 2 is 1.84 bits per heavy atom. The summed E-state index contributed by atoms with van der Waals surface area (Å²) in [5.74, 6) is 0. The molecule has 1 heterocycles. The fraction of sp³-hybridized carbons (Fsp3) is 0.133. The number of hydrogen-bond acceptors (Lipinski definition) is 3. The number of pyridine rings is 1. The number of aliphatic hydroxyl groups is 1. The van der Waals surface area contributed by atoms with E-state index >= 15 is 0 Å². The Hall–Kier alpha value is -2.69. The van der Waals surface area contributed by atoms with Crippen LogP contribution in [-0.2, 0) is 0 Å². The third-order valence-corrected chi connectivity index (χ3v) is 2.82. The van der Waals surface area contributed by atoms with Gasteiger partial charge in [0, 0.05) is 18.0 Å². The van der Waals surface area contributed by atoms with E-state index in [4.69, 9.17) is 11.8 Å². The lowest BCUT2D eigenvalue weighted by Crippen LogP contribution is -2.01. The lowest BCUT2D eigenvalue weighted by atomic mass is 9.98. The Labute approximate surface area is 111 Å². The second-order valence-electron chi connectivity index (χ2n) is 4.01. The van der Waals surface area contributed by atoms with Crippen LogP contribution in [0.3, 0.4) is 0 Å². The fourth-order valence-corrected chi connectivity index (χ4v) is 1.82. The molecule has 0 aliphatic carbocycles. The molecule has 19 heavy (non-hydrogen) atoms. The molecular weight excluding hydrogens is 238 g/mol. The van der Waals surface area contributed by atoms with Gasteiger partial charge in [-0.25, -0.2) is 6.57 Å². The van der Waals surface area contributed by atoms with Crippen molar-refractivity contribution in [2.75, 3.05) is 0 Å². The van der Waals surface area contributed by atoms with Crippen LogP contribution in [0.4, 0.5) is 0 Å². The van der Waals surface area contributed by atoms with Crippen molar-refractivity contribution in [1.82, 2.24) is 4.98 Å². The normalized spacial score (nSPS) is 13.0. The molecule has 2 rings (SSSR count). The summed E-state index contributed by atoms with van der Waals surface area (Å²) < 4.78 is 0. The first-order valence-electron chi connectivity index (χ1n) is 5.70. The minimum absolute atomic E-state index is 0.600. The molecule has 92 valence electrons. The predicted molar refractivity (Wildman–Crippen MR) is 69.7 cm³/mol. The van der Waals surface area contributed by atoms with E-state index < -0.39 is 12.1 Å². The predicted octanol–water partition coefficient (Wildman–Crippen LogP) is 2.65. The van der Waals surface area contributed by atoms with E-state index in [-0.39, 0.29) is 0 Å². The van der Waals surface area contributed by atoms with E-state index in [0.717, 1.165) is 5.56 Å². The van der Waals surface area contributed by atoms with Crippen LogP contribution >= 0.6 is 0 Å². The third kappa shape index (κ3) is 2.77. The molecule has 0 bridgehead atoms. The molecule has 4 nitrogen and oxygen atoms in total. The monoisotopic (exact) mass is 249 g/mol. The van der Waals surface area contributed by atoms with E-state index in [1.54, 1.807) is 48.8 Å². The average molecular weight is 249 g/mol. The number of aromatic nitrogens is 1. The molecule has 0 fully saturated rings. The maximum atomic E-state index is 10.3. The topological polar surface area (TPSA) is 61.3 Å². The van der Waals surface area contributed by atoms with Crippen molar-refractivity contribution in [2.24, 2.45) is 0 Å². The lowest BCUT2D eigenvalue weighted by molar-refractivity contribution is 0.220. The zero-order valence-electron chi connectivity index (χ0n) is 10.1. The molecular formula is C15H11N3O. The van der Waals surface area contributed by atoms with Gasteiger partial charge in [0.2, 0.25) is 0 Å². The van der Waals surface area contributed by atoms with Gasteiger partial charge in [-0.2, -0.15) is 5.26 Å². The molecule has 0 aliphatic heterocycles. The minimum Gasteiger partial charge on any atom is -0.384 e. The molecule has 2 unspecified atom stereocenters. The first kappa shape index (κ1) is 12.8. The summed E-state index contributed by atoms with van der Waals surface area (Å²) in [5, 5.41) is 19.1. The van der Waals surface area contributed by atoms with Crippen LogP contribution in [-0.4, -0.2) is 10.1 Å². The summed E-state index contributed by atoms with van der Waals surface area (Å²) >= 11 is 0. The molecule has 0 aliphatic rings. The number of hydrogen-bond donors (Lipinski definition) is 1. The van der Waals surface area contributed by atoms with E-state index in [1.807, 2.05) is 6.07 Å². The summed E-state index contributed by atoms with van der Waals surface area (Å²) in [4.78, 5) is 7.15. The maximum Gasteiger partial charge on any atom is 0.332 e. The summed E-state index contributed by atoms with van der Waals surface area (Å²) in [6.07, 6.45) is 2.44. The van der Waals surface area contributed by atoms with Gasteiger partial charge in [-0.05, 0) is 29.3 Å². The molecule has 0 saturated heterocycles. The number of aliphatic hydroxyl groups excluding tert-OH is 1. The van der Waals surface area contributed by atoms with Crippen molar-refractivity contribution in [3.05, 3.63) is 76.9 Å². The van der Waals surface area contributed by atoms with Crippen LogP contribution in [0, 0.1) is 17.9 Å². The fourth-order valence-electron chi connectivity index (χ4n) is 1.82. The van der Waals surface area contributed by atoms with E-state index in [1.165, 1.54) is 0 Å². The zero-order valence-corrected chi connectivity index (χ0v) is 10.1. The Bertz CT molecular complexity index is 626. The van der Waals surface area contributed by atoms with Crippen molar-refractivity contribution >= 4 is 0 Å². The standard InChI is InChI=1S/C15H11N3O/c1-17-14(10-16)12-3-2-4-13(9-12)15(19)11-5-7-18-8-6-11/h2-9,14-15,19H. The zero-order chi connectivity index (χ0) is 13.7. The Morgan fingerprint density at radius 3 is 2.47 bits per heavy atom. The summed E-state index contributed by atoms with van der Waals surface area (Å²) in [6.45, 7) is 6.97. The number of benzene rings is 1. The Balaban J connectivity index is 2.35. The van der Waals surface area contributed by atoms with Crippen molar-refractivity contribution in [1.29, 1.82) is 5.26 Å². The van der Waals surface area contributed by atoms with Gasteiger partial charge in [-0.1, -0.05) is 18.2 Å². The van der Waals surface area contributed by atoms with Gasteiger partial charge >= 0.3 is 6.04 Å². The molecule has 0 spiro atoms. The number of rotatable bonds is 3. The van der Waals surface area contributed by atoms with E-state index in [2.05, 4.69) is 9.83 Å². The third-order valence-electron chi connectivity index (χ3n) is 2.82. The molecule has 0 radical (unpaired) electrons. The van der Waals surface area contributed by atoms with Crippen LogP contribution in [0.2, 0.25) is 0 Å². The highest BCUT2D eigenvalue weighted by atomic mass is 16.3. The highest BCUT2D eigenvalue weighted by Gasteiger charge is 2.17. The van der Waals surface area contributed by atoms with Gasteiger partial charge in [-0.15, -0.1) is 0 Å².